The Kier molecular flexibility index (Phi) is 10.1. The highest BCUT2D eigenvalue weighted by Gasteiger charge is 1.99. The molecule has 0 N–H and O–H groups in total. The van der Waals surface area contributed by atoms with Gasteiger partial charge in [-0.25, -0.2) is 0 Å². The van der Waals surface area contributed by atoms with E-state index in [1.165, 1.54) is 0 Å². The van der Waals surface area contributed by atoms with E-state index in [1.807, 2.05) is 13.8 Å². The monoisotopic (exact) mass is 196 g/mol. The number of hydrogen-bond acceptors (Lipinski definition) is 0. The number of hydrogen-bond donors (Lipinski definition) is 0. The van der Waals surface area contributed by atoms with Crippen molar-refractivity contribution >= 4 is 11.6 Å². The number of halogens is 1. The maximum Gasteiger partial charge on any atom is 0.0412 e. The van der Waals surface area contributed by atoms with Gasteiger partial charge in [-0.05, 0) is 11.1 Å². The van der Waals surface area contributed by atoms with Crippen LogP contribution >= 0.6 is 11.6 Å². The van der Waals surface area contributed by atoms with Crippen LogP contribution in [0.4, 0.5) is 0 Å². The highest BCUT2D eigenvalue weighted by molar-refractivity contribution is 6.32. The van der Waals surface area contributed by atoms with E-state index in [0.29, 0.717) is 5.03 Å². The molecule has 0 aliphatic rings. The Hall–Kier alpha value is -1.01. The predicted octanol–water partition coefficient (Wildman–Crippen LogP) is 4.62. The van der Waals surface area contributed by atoms with Gasteiger partial charge in [0.25, 0.3) is 0 Å². The van der Waals surface area contributed by atoms with E-state index in [2.05, 4.69) is 26.3 Å². The molecule has 0 unspecified atom stereocenters. The van der Waals surface area contributed by atoms with Gasteiger partial charge in [-0.15, -0.1) is 0 Å². The summed E-state index contributed by atoms with van der Waals surface area (Å²) in [6, 6.07) is 0. The highest BCUT2D eigenvalue weighted by atomic mass is 35.5. The van der Waals surface area contributed by atoms with Crippen LogP contribution in [0.5, 0.6) is 0 Å². The smallest absolute Gasteiger partial charge is 0.0412 e. The SMILES string of the molecule is C=C/C=C(\C(=C)Cl)C(=C)C=C.CC. The summed E-state index contributed by atoms with van der Waals surface area (Å²) in [7, 11) is 0. The summed E-state index contributed by atoms with van der Waals surface area (Å²) >= 11 is 5.68. The lowest BCUT2D eigenvalue weighted by molar-refractivity contribution is 1.50. The molecule has 13 heavy (non-hydrogen) atoms. The Morgan fingerprint density at radius 3 is 1.85 bits per heavy atom. The molecule has 0 atom stereocenters. The molecule has 0 aliphatic carbocycles. The summed E-state index contributed by atoms with van der Waals surface area (Å²) < 4.78 is 0. The maximum absolute atomic E-state index is 5.68. The summed E-state index contributed by atoms with van der Waals surface area (Å²) in [5, 5.41) is 0.454. The highest BCUT2D eigenvalue weighted by Crippen LogP contribution is 2.20. The standard InChI is InChI=1S/C10H11Cl.C2H6/c1-5-7-10(9(4)11)8(3)6-2;1-2/h5-7H,1-4H2;1-2H3/b10-7-;. The van der Waals surface area contributed by atoms with Gasteiger partial charge in [-0.1, -0.05) is 70.0 Å². The molecule has 0 aromatic carbocycles. The summed E-state index contributed by atoms with van der Waals surface area (Å²) in [5.41, 5.74) is 1.53. The molecule has 0 saturated carbocycles. The van der Waals surface area contributed by atoms with Gasteiger partial charge in [0.1, 0.15) is 0 Å². The minimum Gasteiger partial charge on any atom is -0.0990 e. The fraction of sp³-hybridized carbons (Fsp3) is 0.167. The second kappa shape index (κ2) is 9.08. The molecule has 0 aromatic rings. The van der Waals surface area contributed by atoms with Gasteiger partial charge in [-0.2, -0.15) is 0 Å². The van der Waals surface area contributed by atoms with E-state index in [9.17, 15) is 0 Å². The first-order valence-corrected chi connectivity index (χ1v) is 4.50. The molecule has 72 valence electrons. The molecule has 0 bridgehead atoms. The quantitative estimate of drug-likeness (QED) is 0.576. The van der Waals surface area contributed by atoms with Gasteiger partial charge in [0, 0.05) is 5.03 Å². The third-order valence-corrected chi connectivity index (χ3v) is 1.37. The van der Waals surface area contributed by atoms with Gasteiger partial charge in [-0.3, -0.25) is 0 Å². The van der Waals surface area contributed by atoms with E-state index >= 15 is 0 Å². The predicted molar refractivity (Wildman–Crippen MR) is 64.0 cm³/mol. The van der Waals surface area contributed by atoms with Gasteiger partial charge in [0.15, 0.2) is 0 Å². The topological polar surface area (TPSA) is 0 Å². The van der Waals surface area contributed by atoms with E-state index < -0.39 is 0 Å². The van der Waals surface area contributed by atoms with Crippen molar-refractivity contribution in [3.8, 4) is 0 Å². The lowest BCUT2D eigenvalue weighted by Crippen LogP contribution is -1.82. The Labute approximate surface area is 86.6 Å². The van der Waals surface area contributed by atoms with Crippen LogP contribution in [0.1, 0.15) is 13.8 Å². The van der Waals surface area contributed by atoms with Gasteiger partial charge < -0.3 is 0 Å². The molecule has 0 aromatic heterocycles. The second-order valence-corrected chi connectivity index (χ2v) is 2.41. The summed E-state index contributed by atoms with van der Waals surface area (Å²) in [4.78, 5) is 0. The number of allylic oxidation sites excluding steroid dienone is 6. The van der Waals surface area contributed by atoms with Crippen LogP contribution in [-0.4, -0.2) is 0 Å². The zero-order valence-corrected chi connectivity index (χ0v) is 9.19. The van der Waals surface area contributed by atoms with Crippen LogP contribution in [0.25, 0.3) is 0 Å². The van der Waals surface area contributed by atoms with Crippen LogP contribution in [0.2, 0.25) is 0 Å². The van der Waals surface area contributed by atoms with Crippen molar-refractivity contribution < 1.29 is 0 Å². The maximum atomic E-state index is 5.68. The molecule has 1 heteroatoms. The van der Waals surface area contributed by atoms with Crippen LogP contribution in [-0.2, 0) is 0 Å². The Morgan fingerprint density at radius 1 is 1.15 bits per heavy atom. The van der Waals surface area contributed by atoms with Crippen LogP contribution in [0, 0.1) is 0 Å². The van der Waals surface area contributed by atoms with E-state index in [0.717, 1.165) is 11.1 Å². The average Bonchev–Trinajstić information content (AvgIpc) is 2.15. The minimum atomic E-state index is 0.454. The molecule has 0 radical (unpaired) electrons. The molecule has 0 spiro atoms. The van der Waals surface area contributed by atoms with Crippen molar-refractivity contribution in [1.29, 1.82) is 0 Å². The first-order chi connectivity index (χ1) is 6.13. The molecule has 0 aliphatic heterocycles. The van der Waals surface area contributed by atoms with E-state index in [-0.39, 0.29) is 0 Å². The Bertz CT molecular complexity index is 232. The van der Waals surface area contributed by atoms with Crippen LogP contribution in [0.15, 0.2) is 60.7 Å². The molecule has 0 fully saturated rings. The summed E-state index contributed by atoms with van der Waals surface area (Å²) in [6.07, 6.45) is 5.01. The second-order valence-electron chi connectivity index (χ2n) is 1.95. The molecule has 0 amide bonds. The zero-order chi connectivity index (χ0) is 10.9. The van der Waals surface area contributed by atoms with Gasteiger partial charge in [0.2, 0.25) is 0 Å². The molecule has 0 rings (SSSR count). The Morgan fingerprint density at radius 2 is 1.62 bits per heavy atom. The first-order valence-electron chi connectivity index (χ1n) is 4.12. The lowest BCUT2D eigenvalue weighted by Gasteiger charge is -2.02. The third-order valence-electron chi connectivity index (χ3n) is 1.17. The average molecular weight is 197 g/mol. The molecular formula is C12H17Cl. The molecule has 0 nitrogen and oxygen atoms in total. The van der Waals surface area contributed by atoms with Crippen LogP contribution in [0.3, 0.4) is 0 Å². The Balaban J connectivity index is 0. The molecule has 0 saturated heterocycles. The van der Waals surface area contributed by atoms with Crippen LogP contribution < -0.4 is 0 Å². The summed E-state index contributed by atoms with van der Waals surface area (Å²) in [6.45, 7) is 18.4. The summed E-state index contributed by atoms with van der Waals surface area (Å²) in [5.74, 6) is 0. The zero-order valence-electron chi connectivity index (χ0n) is 8.44. The van der Waals surface area contributed by atoms with Crippen molar-refractivity contribution in [2.24, 2.45) is 0 Å². The van der Waals surface area contributed by atoms with E-state index in [4.69, 9.17) is 11.6 Å². The van der Waals surface area contributed by atoms with Crippen molar-refractivity contribution in [3.63, 3.8) is 0 Å². The normalized spacial score (nSPS) is 9.31. The number of rotatable bonds is 4. The third kappa shape index (κ3) is 6.18. The van der Waals surface area contributed by atoms with E-state index in [1.54, 1.807) is 18.2 Å². The molecular weight excluding hydrogens is 180 g/mol. The fourth-order valence-corrected chi connectivity index (χ4v) is 0.784. The lowest BCUT2D eigenvalue weighted by atomic mass is 10.1. The van der Waals surface area contributed by atoms with Crippen molar-refractivity contribution in [2.75, 3.05) is 0 Å². The molecule has 0 heterocycles. The first kappa shape index (κ1) is 14.5. The van der Waals surface area contributed by atoms with Crippen molar-refractivity contribution in [2.45, 2.75) is 13.8 Å². The minimum absolute atomic E-state index is 0.454. The fourth-order valence-electron chi connectivity index (χ4n) is 0.599. The van der Waals surface area contributed by atoms with Crippen molar-refractivity contribution in [3.05, 3.63) is 60.7 Å². The van der Waals surface area contributed by atoms with Crippen molar-refractivity contribution in [1.82, 2.24) is 0 Å². The van der Waals surface area contributed by atoms with Gasteiger partial charge in [0.05, 0.1) is 0 Å². The van der Waals surface area contributed by atoms with Gasteiger partial charge >= 0.3 is 0 Å². The largest absolute Gasteiger partial charge is 0.0990 e.